The minimum atomic E-state index is -0.995. The first kappa shape index (κ1) is 23.8. The van der Waals surface area contributed by atoms with Crippen LogP contribution in [0.5, 0.6) is 5.75 Å². The molecule has 0 unspecified atom stereocenters. The molecule has 0 amide bonds. The first-order chi connectivity index (χ1) is 17.5. The maximum absolute atomic E-state index is 14.9. The first-order valence-corrected chi connectivity index (χ1v) is 12.1. The van der Waals surface area contributed by atoms with Gasteiger partial charge in [-0.15, -0.1) is 11.3 Å². The lowest BCUT2D eigenvalue weighted by Gasteiger charge is -2.23. The summed E-state index contributed by atoms with van der Waals surface area (Å²) in [6.45, 7) is 0.0536. The predicted molar refractivity (Wildman–Crippen MR) is 130 cm³/mol. The standard InChI is InChI=1S/C24H15F4N5OS2/c25-16-2-1-13(3-17(16)26)20-4-15(14-7-29-11-30-8-14)22(9-31-20)34-21-5-19(28)23(6-18(21)27)36-33-24-10-35-12-32-24/h1-8,10-12,31,33H,9H2. The number of benzene rings is 2. The number of ether oxygens (including phenoxy) is 1. The Morgan fingerprint density at radius 3 is 2.53 bits per heavy atom. The molecule has 5 rings (SSSR count). The molecular weight excluding hydrogens is 514 g/mol. The average molecular weight is 530 g/mol. The average Bonchev–Trinajstić information content (AvgIpc) is 3.41. The van der Waals surface area contributed by atoms with Gasteiger partial charge in [-0.2, -0.15) is 0 Å². The number of nitrogens with one attached hydrogen (secondary N) is 2. The van der Waals surface area contributed by atoms with Crippen LogP contribution in [0, 0.1) is 23.3 Å². The molecule has 0 spiro atoms. The summed E-state index contributed by atoms with van der Waals surface area (Å²) in [5.74, 6) is -2.95. The zero-order chi connectivity index (χ0) is 25.1. The van der Waals surface area contributed by atoms with Gasteiger partial charge in [0.2, 0.25) is 0 Å². The Hall–Kier alpha value is -3.90. The SMILES string of the molecule is Fc1ccc(C2=CC(c3cncnc3)=C(Oc3cc(F)c(SNc4cscn4)cc3F)CN2)cc1F. The van der Waals surface area contributed by atoms with Crippen molar-refractivity contribution in [1.82, 2.24) is 20.3 Å². The van der Waals surface area contributed by atoms with Gasteiger partial charge in [-0.3, -0.25) is 0 Å². The molecule has 182 valence electrons. The van der Waals surface area contributed by atoms with Gasteiger partial charge in [0.05, 0.1) is 17.0 Å². The summed E-state index contributed by atoms with van der Waals surface area (Å²) in [5, 5.41) is 4.78. The van der Waals surface area contributed by atoms with Crippen LogP contribution in [0.25, 0.3) is 11.3 Å². The number of rotatable bonds is 7. The fourth-order valence-corrected chi connectivity index (χ4v) is 4.54. The number of aromatic nitrogens is 3. The zero-order valence-corrected chi connectivity index (χ0v) is 19.8. The predicted octanol–water partition coefficient (Wildman–Crippen LogP) is 6.04. The van der Waals surface area contributed by atoms with E-state index in [4.69, 9.17) is 4.74 Å². The van der Waals surface area contributed by atoms with E-state index in [2.05, 4.69) is 25.0 Å². The molecule has 2 N–H and O–H groups in total. The highest BCUT2D eigenvalue weighted by Crippen LogP contribution is 2.33. The third-order valence-electron chi connectivity index (χ3n) is 5.05. The van der Waals surface area contributed by atoms with E-state index >= 15 is 0 Å². The molecule has 2 aromatic heterocycles. The number of thiazole rings is 1. The summed E-state index contributed by atoms with van der Waals surface area (Å²) in [6.07, 6.45) is 6.02. The van der Waals surface area contributed by atoms with Gasteiger partial charge in [0.15, 0.2) is 23.2 Å². The fraction of sp³-hybridized carbons (Fsp3) is 0.0417. The van der Waals surface area contributed by atoms with Crippen molar-refractivity contribution in [2.45, 2.75) is 4.90 Å². The Morgan fingerprint density at radius 1 is 0.944 bits per heavy atom. The van der Waals surface area contributed by atoms with Gasteiger partial charge in [0.1, 0.15) is 23.7 Å². The van der Waals surface area contributed by atoms with Crippen LogP contribution in [0.15, 0.2) is 76.7 Å². The van der Waals surface area contributed by atoms with Crippen LogP contribution >= 0.6 is 23.3 Å². The summed E-state index contributed by atoms with van der Waals surface area (Å²) in [4.78, 5) is 12.1. The molecule has 1 aliphatic heterocycles. The second-order valence-electron chi connectivity index (χ2n) is 7.40. The highest BCUT2D eigenvalue weighted by molar-refractivity contribution is 8.00. The Morgan fingerprint density at radius 2 is 1.78 bits per heavy atom. The smallest absolute Gasteiger partial charge is 0.167 e. The number of hydrogen-bond acceptors (Lipinski definition) is 8. The van der Waals surface area contributed by atoms with Gasteiger partial charge in [-0.25, -0.2) is 32.5 Å². The van der Waals surface area contributed by atoms with Gasteiger partial charge in [-0.05, 0) is 42.3 Å². The topological polar surface area (TPSA) is 72.0 Å². The van der Waals surface area contributed by atoms with E-state index in [1.54, 1.807) is 17.0 Å². The molecule has 0 fully saturated rings. The van der Waals surface area contributed by atoms with Crippen molar-refractivity contribution < 1.29 is 22.3 Å². The molecule has 0 saturated carbocycles. The maximum atomic E-state index is 14.9. The fourth-order valence-electron chi connectivity index (χ4n) is 3.34. The first-order valence-electron chi connectivity index (χ1n) is 10.4. The van der Waals surface area contributed by atoms with Crippen molar-refractivity contribution in [2.75, 3.05) is 11.3 Å². The minimum Gasteiger partial charge on any atom is -0.456 e. The summed E-state index contributed by atoms with van der Waals surface area (Å²) in [5.41, 5.74) is 3.50. The van der Waals surface area contributed by atoms with Crippen LogP contribution in [-0.2, 0) is 0 Å². The highest BCUT2D eigenvalue weighted by atomic mass is 32.2. The summed E-state index contributed by atoms with van der Waals surface area (Å²) < 4.78 is 65.5. The van der Waals surface area contributed by atoms with E-state index in [0.717, 1.165) is 36.2 Å². The lowest BCUT2D eigenvalue weighted by molar-refractivity contribution is 0.381. The second-order valence-corrected chi connectivity index (χ2v) is 8.96. The van der Waals surface area contributed by atoms with Gasteiger partial charge >= 0.3 is 0 Å². The number of dihydropyridines is 1. The van der Waals surface area contributed by atoms with Crippen LogP contribution in [0.3, 0.4) is 0 Å². The molecule has 3 heterocycles. The molecule has 0 atom stereocenters. The van der Waals surface area contributed by atoms with Crippen LogP contribution in [0.4, 0.5) is 23.4 Å². The molecule has 12 heteroatoms. The van der Waals surface area contributed by atoms with Crippen LogP contribution in [-0.4, -0.2) is 21.5 Å². The van der Waals surface area contributed by atoms with Crippen molar-refractivity contribution in [2.24, 2.45) is 0 Å². The molecule has 6 nitrogen and oxygen atoms in total. The monoisotopic (exact) mass is 529 g/mol. The van der Waals surface area contributed by atoms with E-state index in [1.807, 2.05) is 0 Å². The van der Waals surface area contributed by atoms with E-state index in [9.17, 15) is 17.6 Å². The Kier molecular flexibility index (Phi) is 6.87. The van der Waals surface area contributed by atoms with Crippen molar-refractivity contribution in [3.8, 4) is 5.75 Å². The maximum Gasteiger partial charge on any atom is 0.167 e. The summed E-state index contributed by atoms with van der Waals surface area (Å²) in [6, 6.07) is 5.49. The van der Waals surface area contributed by atoms with Gasteiger partial charge < -0.3 is 14.8 Å². The number of nitrogens with zero attached hydrogens (tertiary/aromatic N) is 3. The quantitative estimate of drug-likeness (QED) is 0.223. The third-order valence-corrected chi connectivity index (χ3v) is 6.48. The molecule has 0 bridgehead atoms. The number of allylic oxidation sites excluding steroid dienone is 2. The van der Waals surface area contributed by atoms with Crippen LogP contribution in [0.2, 0.25) is 0 Å². The lowest BCUT2D eigenvalue weighted by atomic mass is 10.0. The van der Waals surface area contributed by atoms with Crippen molar-refractivity contribution in [3.05, 3.63) is 106 Å². The van der Waals surface area contributed by atoms with Crippen LogP contribution in [0.1, 0.15) is 11.1 Å². The highest BCUT2D eigenvalue weighted by Gasteiger charge is 2.21. The van der Waals surface area contributed by atoms with Gasteiger partial charge in [0.25, 0.3) is 0 Å². The molecule has 36 heavy (non-hydrogen) atoms. The largest absolute Gasteiger partial charge is 0.456 e. The van der Waals surface area contributed by atoms with Crippen molar-refractivity contribution in [3.63, 3.8) is 0 Å². The molecule has 0 saturated heterocycles. The van der Waals surface area contributed by atoms with Gasteiger partial charge in [0, 0.05) is 46.2 Å². The van der Waals surface area contributed by atoms with E-state index < -0.39 is 23.3 Å². The van der Waals surface area contributed by atoms with Crippen molar-refractivity contribution >= 4 is 40.4 Å². The molecule has 0 radical (unpaired) electrons. The summed E-state index contributed by atoms with van der Waals surface area (Å²) >= 11 is 2.25. The Bertz CT molecular complexity index is 1460. The molecule has 2 aromatic carbocycles. The molecular formula is C24H15F4N5OS2. The Labute approximate surface area is 210 Å². The van der Waals surface area contributed by atoms with E-state index in [1.165, 1.54) is 36.1 Å². The number of hydrogen-bond donors (Lipinski definition) is 2. The van der Waals surface area contributed by atoms with E-state index in [0.29, 0.717) is 28.2 Å². The van der Waals surface area contributed by atoms with Crippen LogP contribution < -0.4 is 14.8 Å². The normalized spacial score (nSPS) is 13.3. The molecule has 1 aliphatic rings. The molecule has 0 aliphatic carbocycles. The number of anilines is 1. The summed E-state index contributed by atoms with van der Waals surface area (Å²) in [7, 11) is 0. The van der Waals surface area contributed by atoms with Gasteiger partial charge in [-0.1, -0.05) is 0 Å². The zero-order valence-electron chi connectivity index (χ0n) is 18.1. The van der Waals surface area contributed by atoms with E-state index in [-0.39, 0.29) is 22.9 Å². The lowest BCUT2D eigenvalue weighted by Crippen LogP contribution is -2.24. The molecule has 4 aromatic rings. The minimum absolute atomic E-state index is 0.0285. The third kappa shape index (κ3) is 5.19. The van der Waals surface area contributed by atoms with Crippen molar-refractivity contribution in [1.29, 1.82) is 0 Å². The Balaban J connectivity index is 1.47. The number of halogens is 4. The second kappa shape index (κ2) is 10.4.